The summed E-state index contributed by atoms with van der Waals surface area (Å²) in [6, 6.07) is 4.58. The molecule has 0 aliphatic carbocycles. The number of hydrogen-bond acceptors (Lipinski definition) is 2. The highest BCUT2D eigenvalue weighted by molar-refractivity contribution is 5.54. The number of benzene rings is 1. The fourth-order valence-electron chi connectivity index (χ4n) is 1.78. The first-order chi connectivity index (χ1) is 7.91. The number of aliphatic hydroxyl groups is 1. The van der Waals surface area contributed by atoms with Crippen molar-refractivity contribution in [3.63, 3.8) is 0 Å². The second-order valence-corrected chi connectivity index (χ2v) is 4.98. The molecule has 1 atom stereocenters. The Morgan fingerprint density at radius 2 is 1.94 bits per heavy atom. The standard InChI is InChI=1S/C14H22FNO/c1-10(2)7-8-16(4)14-6-5-12(15)9-13(14)11(3)17/h5-6,9-11,17H,7-8H2,1-4H3/t11-/m1/s1. The van der Waals surface area contributed by atoms with Gasteiger partial charge in [0.25, 0.3) is 0 Å². The van der Waals surface area contributed by atoms with Crippen molar-refractivity contribution < 1.29 is 9.50 Å². The Kier molecular flexibility index (Phi) is 4.94. The number of halogens is 1. The molecule has 0 bridgehead atoms. The molecular weight excluding hydrogens is 217 g/mol. The number of nitrogens with zero attached hydrogens (tertiary/aromatic N) is 1. The monoisotopic (exact) mass is 239 g/mol. The zero-order valence-electron chi connectivity index (χ0n) is 11.1. The summed E-state index contributed by atoms with van der Waals surface area (Å²) in [6.45, 7) is 6.92. The summed E-state index contributed by atoms with van der Waals surface area (Å²) in [5.74, 6) is 0.329. The number of aliphatic hydroxyl groups excluding tert-OH is 1. The van der Waals surface area contributed by atoms with E-state index < -0.39 is 6.10 Å². The van der Waals surface area contributed by atoms with Gasteiger partial charge < -0.3 is 10.0 Å². The van der Waals surface area contributed by atoms with Crippen molar-refractivity contribution in [3.05, 3.63) is 29.6 Å². The van der Waals surface area contributed by atoms with Gasteiger partial charge in [0.2, 0.25) is 0 Å². The van der Waals surface area contributed by atoms with E-state index in [4.69, 9.17) is 0 Å². The maximum absolute atomic E-state index is 13.2. The zero-order valence-corrected chi connectivity index (χ0v) is 11.1. The van der Waals surface area contributed by atoms with Crippen LogP contribution >= 0.6 is 0 Å². The zero-order chi connectivity index (χ0) is 13.0. The van der Waals surface area contributed by atoms with E-state index >= 15 is 0 Å². The first kappa shape index (κ1) is 14.0. The van der Waals surface area contributed by atoms with Crippen LogP contribution in [0.4, 0.5) is 10.1 Å². The summed E-state index contributed by atoms with van der Waals surface area (Å²) < 4.78 is 13.2. The smallest absolute Gasteiger partial charge is 0.123 e. The molecule has 0 fully saturated rings. The molecule has 0 aliphatic rings. The summed E-state index contributed by atoms with van der Waals surface area (Å²) in [5.41, 5.74) is 1.55. The molecule has 17 heavy (non-hydrogen) atoms. The number of anilines is 1. The van der Waals surface area contributed by atoms with Crippen molar-refractivity contribution >= 4 is 5.69 Å². The minimum Gasteiger partial charge on any atom is -0.389 e. The molecule has 0 amide bonds. The maximum atomic E-state index is 13.2. The van der Waals surface area contributed by atoms with E-state index in [2.05, 4.69) is 18.7 Å². The van der Waals surface area contributed by atoms with Crippen molar-refractivity contribution in [3.8, 4) is 0 Å². The lowest BCUT2D eigenvalue weighted by Gasteiger charge is -2.24. The van der Waals surface area contributed by atoms with Gasteiger partial charge in [0.05, 0.1) is 6.10 Å². The van der Waals surface area contributed by atoms with Crippen LogP contribution in [-0.2, 0) is 0 Å². The van der Waals surface area contributed by atoms with Gasteiger partial charge in [0, 0.05) is 24.8 Å². The van der Waals surface area contributed by atoms with Gasteiger partial charge in [0.15, 0.2) is 0 Å². The number of hydrogen-bond donors (Lipinski definition) is 1. The summed E-state index contributed by atoms with van der Waals surface area (Å²) in [6.07, 6.45) is 0.426. The van der Waals surface area contributed by atoms with Crippen LogP contribution in [0.1, 0.15) is 38.9 Å². The van der Waals surface area contributed by atoms with Crippen molar-refractivity contribution in [2.24, 2.45) is 5.92 Å². The fraction of sp³-hybridized carbons (Fsp3) is 0.571. The molecular formula is C14H22FNO. The highest BCUT2D eigenvalue weighted by Gasteiger charge is 2.12. The molecule has 0 unspecified atom stereocenters. The van der Waals surface area contributed by atoms with E-state index in [-0.39, 0.29) is 5.82 Å². The minimum absolute atomic E-state index is 0.304. The minimum atomic E-state index is -0.651. The molecule has 1 N–H and O–H groups in total. The first-order valence-corrected chi connectivity index (χ1v) is 6.10. The average Bonchev–Trinajstić information content (AvgIpc) is 2.25. The SMILES string of the molecule is CC(C)CCN(C)c1ccc(F)cc1[C@@H](C)O. The highest BCUT2D eigenvalue weighted by Crippen LogP contribution is 2.26. The van der Waals surface area contributed by atoms with Crippen LogP contribution < -0.4 is 4.90 Å². The lowest BCUT2D eigenvalue weighted by atomic mass is 10.1. The molecule has 0 saturated carbocycles. The van der Waals surface area contributed by atoms with E-state index in [9.17, 15) is 9.50 Å². The lowest BCUT2D eigenvalue weighted by Crippen LogP contribution is -2.21. The fourth-order valence-corrected chi connectivity index (χ4v) is 1.78. The molecule has 96 valence electrons. The lowest BCUT2D eigenvalue weighted by molar-refractivity contribution is 0.199. The third-order valence-corrected chi connectivity index (χ3v) is 2.89. The van der Waals surface area contributed by atoms with Gasteiger partial charge in [-0.1, -0.05) is 13.8 Å². The van der Waals surface area contributed by atoms with Gasteiger partial charge in [-0.25, -0.2) is 4.39 Å². The topological polar surface area (TPSA) is 23.5 Å². The Morgan fingerprint density at radius 3 is 2.47 bits per heavy atom. The van der Waals surface area contributed by atoms with Crippen molar-refractivity contribution in [1.82, 2.24) is 0 Å². The first-order valence-electron chi connectivity index (χ1n) is 6.10. The van der Waals surface area contributed by atoms with Gasteiger partial charge in [-0.05, 0) is 37.5 Å². The Morgan fingerprint density at radius 1 is 1.29 bits per heavy atom. The predicted octanol–water partition coefficient (Wildman–Crippen LogP) is 3.36. The quantitative estimate of drug-likeness (QED) is 0.851. The molecule has 1 rings (SSSR count). The molecule has 0 radical (unpaired) electrons. The number of rotatable bonds is 5. The molecule has 2 nitrogen and oxygen atoms in total. The van der Waals surface area contributed by atoms with Crippen molar-refractivity contribution in [2.45, 2.75) is 33.3 Å². The van der Waals surface area contributed by atoms with Crippen LogP contribution in [0.5, 0.6) is 0 Å². The molecule has 1 aromatic rings. The van der Waals surface area contributed by atoms with Gasteiger partial charge >= 0.3 is 0 Å². The Hall–Kier alpha value is -1.09. The Balaban J connectivity index is 2.88. The third-order valence-electron chi connectivity index (χ3n) is 2.89. The summed E-state index contributed by atoms with van der Waals surface area (Å²) in [5, 5.41) is 9.66. The second-order valence-electron chi connectivity index (χ2n) is 4.98. The third kappa shape index (κ3) is 4.00. The van der Waals surface area contributed by atoms with Gasteiger partial charge in [-0.3, -0.25) is 0 Å². The van der Waals surface area contributed by atoms with Crippen LogP contribution in [0.2, 0.25) is 0 Å². The van der Waals surface area contributed by atoms with Gasteiger partial charge in [-0.15, -0.1) is 0 Å². The normalized spacial score (nSPS) is 12.9. The second kappa shape index (κ2) is 6.01. The molecule has 0 heterocycles. The Labute approximate surface area is 103 Å². The van der Waals surface area contributed by atoms with Crippen molar-refractivity contribution in [1.29, 1.82) is 0 Å². The van der Waals surface area contributed by atoms with Crippen LogP contribution in [0, 0.1) is 11.7 Å². The van der Waals surface area contributed by atoms with E-state index in [1.165, 1.54) is 12.1 Å². The van der Waals surface area contributed by atoms with Crippen LogP contribution in [-0.4, -0.2) is 18.7 Å². The predicted molar refractivity (Wildman–Crippen MR) is 69.8 cm³/mol. The molecule has 0 saturated heterocycles. The molecule has 0 aliphatic heterocycles. The largest absolute Gasteiger partial charge is 0.389 e. The molecule has 3 heteroatoms. The van der Waals surface area contributed by atoms with Gasteiger partial charge in [-0.2, -0.15) is 0 Å². The van der Waals surface area contributed by atoms with Crippen molar-refractivity contribution in [2.75, 3.05) is 18.5 Å². The Bertz CT molecular complexity index is 363. The highest BCUT2D eigenvalue weighted by atomic mass is 19.1. The molecule has 1 aromatic carbocycles. The van der Waals surface area contributed by atoms with E-state index in [0.29, 0.717) is 11.5 Å². The summed E-state index contributed by atoms with van der Waals surface area (Å²) in [7, 11) is 1.97. The molecule has 0 spiro atoms. The van der Waals surface area contributed by atoms with E-state index in [1.807, 2.05) is 7.05 Å². The summed E-state index contributed by atoms with van der Waals surface area (Å²) in [4.78, 5) is 2.07. The summed E-state index contributed by atoms with van der Waals surface area (Å²) >= 11 is 0. The van der Waals surface area contributed by atoms with Crippen LogP contribution in [0.3, 0.4) is 0 Å². The van der Waals surface area contributed by atoms with E-state index in [1.54, 1.807) is 13.0 Å². The average molecular weight is 239 g/mol. The van der Waals surface area contributed by atoms with E-state index in [0.717, 1.165) is 18.7 Å². The maximum Gasteiger partial charge on any atom is 0.123 e. The van der Waals surface area contributed by atoms with Crippen LogP contribution in [0.15, 0.2) is 18.2 Å². The molecule has 0 aromatic heterocycles. The van der Waals surface area contributed by atoms with Crippen LogP contribution in [0.25, 0.3) is 0 Å². The van der Waals surface area contributed by atoms with Gasteiger partial charge in [0.1, 0.15) is 5.82 Å².